The van der Waals surface area contributed by atoms with E-state index in [9.17, 15) is 9.90 Å². The third-order valence-corrected chi connectivity index (χ3v) is 5.11. The summed E-state index contributed by atoms with van der Waals surface area (Å²) in [5.74, 6) is -0.0181. The number of hydrogen-bond acceptors (Lipinski definition) is 3. The normalized spacial score (nSPS) is 22.6. The van der Waals surface area contributed by atoms with E-state index >= 15 is 0 Å². The summed E-state index contributed by atoms with van der Waals surface area (Å²) in [6, 6.07) is 14.9. The van der Waals surface area contributed by atoms with Gasteiger partial charge in [-0.1, -0.05) is 36.4 Å². The largest absolute Gasteiger partial charge is 0.387 e. The molecular formula is C20H26N2O2. The second kappa shape index (κ2) is 7.32. The Morgan fingerprint density at radius 2 is 1.83 bits per heavy atom. The predicted molar refractivity (Wildman–Crippen MR) is 96.8 cm³/mol. The summed E-state index contributed by atoms with van der Waals surface area (Å²) >= 11 is 0. The topological polar surface area (TPSA) is 52.6 Å². The first-order valence-electron chi connectivity index (χ1n) is 8.74. The van der Waals surface area contributed by atoms with E-state index in [-0.39, 0.29) is 12.5 Å². The summed E-state index contributed by atoms with van der Waals surface area (Å²) in [7, 11) is 0. The van der Waals surface area contributed by atoms with Crippen LogP contribution < -0.4 is 5.32 Å². The number of carbonyl (C=O) groups is 1. The minimum absolute atomic E-state index is 0.0181. The van der Waals surface area contributed by atoms with Crippen molar-refractivity contribution in [3.05, 3.63) is 48.0 Å². The smallest absolute Gasteiger partial charge is 0.234 e. The van der Waals surface area contributed by atoms with E-state index in [0.29, 0.717) is 18.6 Å². The van der Waals surface area contributed by atoms with Gasteiger partial charge in [0.1, 0.15) is 0 Å². The molecule has 2 aromatic carbocycles. The van der Waals surface area contributed by atoms with Crippen molar-refractivity contribution in [3.63, 3.8) is 0 Å². The van der Waals surface area contributed by atoms with Crippen LogP contribution in [0.2, 0.25) is 0 Å². The van der Waals surface area contributed by atoms with Gasteiger partial charge in [0.25, 0.3) is 0 Å². The number of nitrogens with one attached hydrogen (secondary N) is 1. The van der Waals surface area contributed by atoms with E-state index < -0.39 is 6.10 Å². The highest BCUT2D eigenvalue weighted by Gasteiger charge is 2.28. The van der Waals surface area contributed by atoms with E-state index in [1.54, 1.807) is 0 Å². The fourth-order valence-corrected chi connectivity index (χ4v) is 3.53. The first kappa shape index (κ1) is 16.9. The molecule has 0 aromatic heterocycles. The van der Waals surface area contributed by atoms with Gasteiger partial charge in [-0.3, -0.25) is 9.69 Å². The lowest BCUT2D eigenvalue weighted by Crippen LogP contribution is -2.42. The minimum Gasteiger partial charge on any atom is -0.387 e. The summed E-state index contributed by atoms with van der Waals surface area (Å²) in [4.78, 5) is 14.4. The van der Waals surface area contributed by atoms with Crippen LogP contribution in [0.15, 0.2) is 42.5 Å². The van der Waals surface area contributed by atoms with Gasteiger partial charge in [-0.15, -0.1) is 0 Å². The molecule has 128 valence electrons. The molecule has 3 unspecified atom stereocenters. The van der Waals surface area contributed by atoms with Crippen LogP contribution in [0.1, 0.15) is 38.4 Å². The minimum atomic E-state index is -0.688. The van der Waals surface area contributed by atoms with Crippen LogP contribution in [0, 0.1) is 0 Å². The van der Waals surface area contributed by atoms with Gasteiger partial charge in [0.2, 0.25) is 5.91 Å². The number of amides is 1. The van der Waals surface area contributed by atoms with E-state index in [2.05, 4.69) is 24.1 Å². The molecule has 0 spiro atoms. The molecule has 3 atom stereocenters. The third-order valence-electron chi connectivity index (χ3n) is 5.11. The molecule has 1 aliphatic rings. The number of aliphatic hydroxyl groups is 1. The maximum absolute atomic E-state index is 12.2. The zero-order valence-corrected chi connectivity index (χ0v) is 14.4. The van der Waals surface area contributed by atoms with Crippen LogP contribution in [0.25, 0.3) is 10.8 Å². The van der Waals surface area contributed by atoms with Gasteiger partial charge in [0.15, 0.2) is 0 Å². The van der Waals surface area contributed by atoms with Crippen LogP contribution in [-0.4, -0.2) is 41.1 Å². The third kappa shape index (κ3) is 3.77. The fraction of sp³-hybridized carbons (Fsp3) is 0.450. The SMILES string of the molecule is CC1CCC(C)N1CC(=O)NCC(O)c1ccc2ccccc2c1. The van der Waals surface area contributed by atoms with E-state index in [0.717, 1.165) is 29.2 Å². The Kier molecular flexibility index (Phi) is 5.17. The molecule has 0 radical (unpaired) electrons. The second-order valence-corrected chi connectivity index (χ2v) is 6.87. The van der Waals surface area contributed by atoms with Gasteiger partial charge in [-0.25, -0.2) is 0 Å². The van der Waals surface area contributed by atoms with Gasteiger partial charge < -0.3 is 10.4 Å². The maximum atomic E-state index is 12.2. The average molecular weight is 326 g/mol. The van der Waals surface area contributed by atoms with Crippen molar-refractivity contribution in [2.24, 2.45) is 0 Å². The number of benzene rings is 2. The van der Waals surface area contributed by atoms with Gasteiger partial charge >= 0.3 is 0 Å². The monoisotopic (exact) mass is 326 g/mol. The highest BCUT2D eigenvalue weighted by atomic mass is 16.3. The molecule has 1 fully saturated rings. The van der Waals surface area contributed by atoms with E-state index in [1.165, 1.54) is 0 Å². The molecule has 4 nitrogen and oxygen atoms in total. The van der Waals surface area contributed by atoms with Gasteiger partial charge in [0.05, 0.1) is 12.6 Å². The molecule has 0 aliphatic carbocycles. The lowest BCUT2D eigenvalue weighted by molar-refractivity contribution is -0.123. The Morgan fingerprint density at radius 1 is 1.17 bits per heavy atom. The van der Waals surface area contributed by atoms with Gasteiger partial charge in [0, 0.05) is 18.6 Å². The maximum Gasteiger partial charge on any atom is 0.234 e. The molecule has 0 saturated carbocycles. The molecule has 3 rings (SSSR count). The second-order valence-electron chi connectivity index (χ2n) is 6.87. The Hall–Kier alpha value is -1.91. The predicted octanol–water partition coefficient (Wildman–Crippen LogP) is 2.86. The lowest BCUT2D eigenvalue weighted by Gasteiger charge is -2.25. The quantitative estimate of drug-likeness (QED) is 0.888. The molecule has 0 bridgehead atoms. The summed E-state index contributed by atoms with van der Waals surface area (Å²) in [6.45, 7) is 4.99. The number of fused-ring (bicyclic) bond motifs is 1. The number of likely N-dealkylation sites (tertiary alicyclic amines) is 1. The van der Waals surface area contributed by atoms with E-state index in [4.69, 9.17) is 0 Å². The Labute approximate surface area is 143 Å². The van der Waals surface area contributed by atoms with Crippen molar-refractivity contribution in [1.82, 2.24) is 10.2 Å². The average Bonchev–Trinajstić information content (AvgIpc) is 2.91. The van der Waals surface area contributed by atoms with Crippen LogP contribution >= 0.6 is 0 Å². The highest BCUT2D eigenvalue weighted by Crippen LogP contribution is 2.23. The van der Waals surface area contributed by atoms with Crippen molar-refractivity contribution in [2.75, 3.05) is 13.1 Å². The Bertz CT molecular complexity index is 706. The summed E-state index contributed by atoms with van der Waals surface area (Å²) in [5.41, 5.74) is 0.830. The molecule has 24 heavy (non-hydrogen) atoms. The van der Waals surface area contributed by atoms with Crippen LogP contribution in [0.3, 0.4) is 0 Å². The number of carbonyl (C=O) groups excluding carboxylic acids is 1. The Balaban J connectivity index is 1.56. The van der Waals surface area contributed by atoms with Crippen molar-refractivity contribution in [2.45, 2.75) is 44.9 Å². The summed E-state index contributed by atoms with van der Waals surface area (Å²) in [5, 5.41) is 15.5. The van der Waals surface area contributed by atoms with Crippen LogP contribution in [0.4, 0.5) is 0 Å². The first-order chi connectivity index (χ1) is 11.5. The van der Waals surface area contributed by atoms with Crippen LogP contribution in [-0.2, 0) is 4.79 Å². The molecular weight excluding hydrogens is 300 g/mol. The number of rotatable bonds is 5. The van der Waals surface area contributed by atoms with Crippen molar-refractivity contribution in [3.8, 4) is 0 Å². The zero-order chi connectivity index (χ0) is 17.1. The fourth-order valence-electron chi connectivity index (χ4n) is 3.53. The van der Waals surface area contributed by atoms with Crippen molar-refractivity contribution < 1.29 is 9.90 Å². The molecule has 1 amide bonds. The van der Waals surface area contributed by atoms with Crippen molar-refractivity contribution in [1.29, 1.82) is 0 Å². The van der Waals surface area contributed by atoms with Crippen LogP contribution in [0.5, 0.6) is 0 Å². The van der Waals surface area contributed by atoms with Gasteiger partial charge in [-0.05, 0) is 49.1 Å². The summed E-state index contributed by atoms with van der Waals surface area (Å²) < 4.78 is 0. The Morgan fingerprint density at radius 3 is 2.54 bits per heavy atom. The zero-order valence-electron chi connectivity index (χ0n) is 14.4. The number of hydrogen-bond donors (Lipinski definition) is 2. The number of nitrogens with zero attached hydrogens (tertiary/aromatic N) is 1. The molecule has 1 saturated heterocycles. The van der Waals surface area contributed by atoms with E-state index in [1.807, 2.05) is 42.5 Å². The first-order valence-corrected chi connectivity index (χ1v) is 8.74. The molecule has 2 aromatic rings. The molecule has 2 N–H and O–H groups in total. The molecule has 1 aliphatic heterocycles. The highest BCUT2D eigenvalue weighted by molar-refractivity contribution is 5.83. The molecule has 4 heteroatoms. The standard InChI is InChI=1S/C20H26N2O2/c1-14-7-8-15(2)22(14)13-20(24)21-12-19(23)18-10-9-16-5-3-4-6-17(16)11-18/h3-6,9-11,14-15,19,23H,7-8,12-13H2,1-2H3,(H,21,24). The van der Waals surface area contributed by atoms with Crippen molar-refractivity contribution >= 4 is 16.7 Å². The lowest BCUT2D eigenvalue weighted by atomic mass is 10.0. The van der Waals surface area contributed by atoms with Gasteiger partial charge in [-0.2, -0.15) is 0 Å². The molecule has 1 heterocycles. The number of aliphatic hydroxyl groups excluding tert-OH is 1. The summed E-state index contributed by atoms with van der Waals surface area (Å²) in [6.07, 6.45) is 1.61.